The number of aliphatic carboxylic acids is 7. The minimum atomic E-state index is -1.12. The third-order valence-corrected chi connectivity index (χ3v) is 24.0. The molecular formula is C114H224O24S5. The lowest BCUT2D eigenvalue weighted by molar-refractivity contribution is -0.142. The predicted octanol–water partition coefficient (Wildman–Crippen LogP) is 28.5. The van der Waals surface area contributed by atoms with Crippen molar-refractivity contribution in [3.8, 4) is 0 Å². The zero-order valence-electron chi connectivity index (χ0n) is 95.6. The van der Waals surface area contributed by atoms with Gasteiger partial charge in [-0.25, -0.2) is 0 Å². The molecule has 0 saturated carbocycles. The lowest BCUT2D eigenvalue weighted by atomic mass is 10.1. The summed E-state index contributed by atoms with van der Waals surface area (Å²) < 4.78 is 0. The minimum Gasteiger partial charge on any atom is -0.481 e. The zero-order valence-corrected chi connectivity index (χ0v) is 99.7. The highest BCUT2D eigenvalue weighted by Crippen LogP contribution is 2.23. The van der Waals surface area contributed by atoms with Crippen LogP contribution in [0.1, 0.15) is 400 Å². The average molecular weight is 2140 g/mol. The third kappa shape index (κ3) is 222. The smallest absolute Gasteiger partial charge is 0.317 e. The van der Waals surface area contributed by atoms with Crippen molar-refractivity contribution in [1.82, 2.24) is 0 Å². The van der Waals surface area contributed by atoms with E-state index in [1.54, 1.807) is 59.6 Å². The second-order valence-electron chi connectivity index (χ2n) is 31.8. The van der Waals surface area contributed by atoms with E-state index in [0.29, 0.717) is 48.4 Å². The Morgan fingerprint density at radius 3 is 0.699 bits per heavy atom. The van der Waals surface area contributed by atoms with Crippen molar-refractivity contribution < 1.29 is 120 Å². The van der Waals surface area contributed by atoms with Gasteiger partial charge in [0.2, 0.25) is 0 Å². The highest BCUT2D eigenvalue weighted by molar-refractivity contribution is 8.01. The van der Waals surface area contributed by atoms with Gasteiger partial charge >= 0.3 is 41.8 Å². The predicted molar refractivity (Wildman–Crippen MR) is 629 cm³/mol. The second-order valence-corrected chi connectivity index (χ2v) is 38.7. The fourth-order valence-corrected chi connectivity index (χ4v) is 13.5. The van der Waals surface area contributed by atoms with Crippen LogP contribution < -0.4 is 0 Å². The summed E-state index contributed by atoms with van der Waals surface area (Å²) in [6.07, 6.45) is 64.2. The van der Waals surface area contributed by atoms with Crippen molar-refractivity contribution in [3.63, 3.8) is 0 Å². The molecule has 24 nitrogen and oxygen atoms in total. The number of carboxylic acid groups (broad SMARTS) is 7. The first-order valence-corrected chi connectivity index (χ1v) is 57.8. The lowest BCUT2D eigenvalue weighted by Crippen LogP contribution is -2.24. The summed E-state index contributed by atoms with van der Waals surface area (Å²) in [7, 11) is 0. The molecule has 0 saturated heterocycles. The van der Waals surface area contributed by atoms with Crippen LogP contribution in [0.5, 0.6) is 0 Å². The molecule has 12 atom stereocenters. The molecule has 29 heteroatoms. The number of hydrogen-bond donors (Lipinski definition) is 17. The molecule has 0 aromatic heterocycles. The molecular weight excluding hydrogens is 1910 g/mol. The van der Waals surface area contributed by atoms with E-state index in [0.717, 1.165) is 117 Å². The van der Waals surface area contributed by atoms with Crippen LogP contribution in [0.25, 0.3) is 0 Å². The van der Waals surface area contributed by atoms with Crippen LogP contribution >= 0.6 is 58.8 Å². The normalized spacial score (nSPS) is 13.0. The summed E-state index contributed by atoms with van der Waals surface area (Å²) in [6, 6.07) is 0. The maximum absolute atomic E-state index is 10.7. The van der Waals surface area contributed by atoms with Crippen LogP contribution in [-0.4, -0.2) is 248 Å². The van der Waals surface area contributed by atoms with Crippen LogP contribution in [0.15, 0.2) is 146 Å². The fourth-order valence-electron chi connectivity index (χ4n) is 8.13. The Bertz CT molecular complexity index is 2590. The van der Waals surface area contributed by atoms with E-state index in [9.17, 15) is 54.0 Å². The number of aliphatic hydroxyl groups excluding tert-OH is 10. The Morgan fingerprint density at radius 1 is 0.287 bits per heavy atom. The minimum absolute atomic E-state index is 0.0364. The number of aliphatic hydroxyl groups is 10. The molecule has 0 amide bonds. The fraction of sp³-hybridized carbons (Fsp3) is 0.728. The van der Waals surface area contributed by atoms with Crippen LogP contribution in [0.4, 0.5) is 0 Å². The van der Waals surface area contributed by atoms with Crippen molar-refractivity contribution in [1.29, 1.82) is 0 Å². The average Bonchev–Trinajstić information content (AvgIpc) is 0.930. The molecule has 0 fully saturated rings. The topological polar surface area (TPSA) is 463 Å². The van der Waals surface area contributed by atoms with Gasteiger partial charge in [-0.1, -0.05) is 332 Å². The highest BCUT2D eigenvalue weighted by Gasteiger charge is 2.24. The Morgan fingerprint density at radius 2 is 0.531 bits per heavy atom. The largest absolute Gasteiger partial charge is 0.481 e. The van der Waals surface area contributed by atoms with E-state index in [2.05, 4.69) is 179 Å². The van der Waals surface area contributed by atoms with Crippen LogP contribution in [0, 0.1) is 17.8 Å². The summed E-state index contributed by atoms with van der Waals surface area (Å²) in [5.74, 6) is -1.31. The molecule has 0 aliphatic heterocycles. The quantitative estimate of drug-likeness (QED) is 0.0199. The molecule has 0 heterocycles. The number of carbonyl (C=O) groups is 7. The van der Waals surface area contributed by atoms with Gasteiger partial charge in [0, 0.05) is 16.3 Å². The summed E-state index contributed by atoms with van der Waals surface area (Å²) in [5.41, 5.74) is 2.56. The highest BCUT2D eigenvalue weighted by atomic mass is 32.2. The molecule has 17 N–H and O–H groups in total. The van der Waals surface area contributed by atoms with Gasteiger partial charge in [-0.3, -0.25) is 33.6 Å². The van der Waals surface area contributed by atoms with Gasteiger partial charge < -0.3 is 86.8 Å². The third-order valence-electron chi connectivity index (χ3n) is 17.8. The van der Waals surface area contributed by atoms with Crippen molar-refractivity contribution in [2.45, 2.75) is 451 Å². The van der Waals surface area contributed by atoms with Gasteiger partial charge in [-0.15, -0.1) is 36.7 Å². The van der Waals surface area contributed by atoms with Crippen molar-refractivity contribution in [3.05, 3.63) is 146 Å². The van der Waals surface area contributed by atoms with Gasteiger partial charge in [0.25, 0.3) is 0 Å². The molecule has 0 aromatic rings. The molecule has 0 bridgehead atoms. The Kier molecular flexibility index (Phi) is 200. The lowest BCUT2D eigenvalue weighted by Gasteiger charge is -2.18. The van der Waals surface area contributed by atoms with Crippen molar-refractivity contribution >= 4 is 101 Å². The molecule has 0 aliphatic carbocycles. The van der Waals surface area contributed by atoms with Gasteiger partial charge in [-0.05, 0) is 214 Å². The number of rotatable bonds is 61. The van der Waals surface area contributed by atoms with E-state index < -0.39 is 70.9 Å². The molecule has 143 heavy (non-hydrogen) atoms. The maximum Gasteiger partial charge on any atom is 0.317 e. The van der Waals surface area contributed by atoms with Gasteiger partial charge in [-0.2, -0.15) is 35.3 Å². The molecule has 854 valence electrons. The Hall–Kier alpha value is -5.48. The Labute approximate surface area is 897 Å². The number of thioether (sulfide) groups is 5. The van der Waals surface area contributed by atoms with Crippen molar-refractivity contribution in [2.24, 2.45) is 17.8 Å². The van der Waals surface area contributed by atoms with E-state index >= 15 is 0 Å². The first-order chi connectivity index (χ1) is 67.7. The molecule has 0 rings (SSSR count). The number of carboxylic acids is 7. The second kappa shape index (κ2) is 162. The summed E-state index contributed by atoms with van der Waals surface area (Å²) in [6.45, 7) is 67.7. The zero-order chi connectivity index (χ0) is 115. The van der Waals surface area contributed by atoms with Crippen LogP contribution in [0.2, 0.25) is 0 Å². The van der Waals surface area contributed by atoms with E-state index in [4.69, 9.17) is 66.4 Å². The summed E-state index contributed by atoms with van der Waals surface area (Å²) in [5, 5.41) is 145. The summed E-state index contributed by atoms with van der Waals surface area (Å²) in [4.78, 5) is 72.8. The van der Waals surface area contributed by atoms with Gasteiger partial charge in [0.05, 0.1) is 95.7 Å². The van der Waals surface area contributed by atoms with Gasteiger partial charge in [0.15, 0.2) is 0 Å². The monoisotopic (exact) mass is 2140 g/mol. The van der Waals surface area contributed by atoms with Gasteiger partial charge in [0.1, 0.15) is 10.5 Å². The molecule has 12 unspecified atom stereocenters. The van der Waals surface area contributed by atoms with Crippen molar-refractivity contribution in [2.75, 3.05) is 67.6 Å². The Balaban J connectivity index is -0.0000000797. The summed E-state index contributed by atoms with van der Waals surface area (Å²) >= 11 is 6.93. The number of allylic oxidation sites excluding steroid dienone is 17. The first-order valence-electron chi connectivity index (χ1n) is 52.5. The number of hydrogen-bond acceptors (Lipinski definition) is 22. The van der Waals surface area contributed by atoms with Crippen LogP contribution in [-0.2, 0) is 33.6 Å². The standard InChI is InChI=1S/C10H18O5S.C9H16O5S.2C9H18O3S.C8H16O3S.C7H14.C6H12O.6C6H12.4C5H10O/c1-3-7(11)6(2)5-16-8(10(14)15)4-9(12)13;1-2-6(10)3-4-15-7(9(13)14)5-8(11)12;2*1-3-8(10)4-5-13-7(2)6-9(11)12;1-2-7(9)3-5-12-6-4-8(10)11;1-4-6-7(3)5-2;1-3-4-6(2)5-7;2*1-4-6(3)5-2;4*1-3-5-6-4-2;4*1-2-3-4-5-6/h6-8,11H,3-5H2,1-2H3,(H,12,13)(H,14,15);6-7,10H,2-5H2,1H3,(H,11,12)(H,13,14);2*7-8,10H,3-6H2,1-2H3,(H,11,12);7,9H,2-6H2,1H3,(H,10,11);6H,4-5H2,1-3H3;4,7H,3,5H2,1-2H3;2*4,6H,1,5H2,2-3H3;4*5-6H,3-4H2,1-2H3;4*3-4,6H,2,5H2,1H3/b;;;;;7-6-;6-4+;;;4*6-5-;4*4-3+. The SMILES string of the molecule is C=CC(C)CC.C=CC(C)CC.CC/C=C(/C)CC.CC/C=C(\C)CO.CC/C=C/CO.CC/C=C/CO.CC/C=C/CO.CC/C=C/CO.CC/C=C\CC.CC/C=C\CC.CC/C=C\CC.CC/C=C\CC.CCC(O)C(C)CSC(CC(=O)O)C(=O)O.CCC(O)CCSC(C)CC(=O)O.CCC(O)CCSC(C)CC(=O)O.CCC(O)CCSC(CC(=O)O)C(=O)O.CCC(O)CCSCCC(=O)O. The maximum atomic E-state index is 10.7. The van der Waals surface area contributed by atoms with E-state index in [-0.39, 0.29) is 93.4 Å². The first kappa shape index (κ1) is 176. The molecule has 0 radical (unpaired) electrons. The molecule has 0 aromatic carbocycles. The molecule has 0 aliphatic rings. The molecule has 0 spiro atoms. The van der Waals surface area contributed by atoms with E-state index in [1.165, 1.54) is 82.6 Å². The van der Waals surface area contributed by atoms with E-state index in [1.807, 2.05) is 133 Å². The van der Waals surface area contributed by atoms with Crippen LogP contribution in [0.3, 0.4) is 0 Å².